The van der Waals surface area contributed by atoms with Gasteiger partial charge in [0.25, 0.3) is 11.8 Å². The Hall–Kier alpha value is -2.44. The van der Waals surface area contributed by atoms with Crippen LogP contribution in [-0.4, -0.2) is 32.0 Å². The standard InChI is InChI=1S/C18H19ClFN3O2/c1-12-3-8-16(15(20)9-12)22-18(25)11-23(2)10-17(24)21-14-6-4-13(19)5-7-14/h3-9H,10-11H2,1-2H3,(H,21,24)(H,22,25)/p+1. The SMILES string of the molecule is Cc1ccc(NC(=O)C[NH+](C)CC(=O)Nc2ccc(Cl)cc2)c(F)c1. The Balaban J connectivity index is 1.82. The van der Waals surface area contributed by atoms with E-state index in [4.69, 9.17) is 11.6 Å². The van der Waals surface area contributed by atoms with Crippen molar-refractivity contribution < 1.29 is 18.9 Å². The van der Waals surface area contributed by atoms with Gasteiger partial charge in [0.1, 0.15) is 5.82 Å². The molecule has 0 spiro atoms. The second kappa shape index (κ2) is 8.60. The van der Waals surface area contributed by atoms with E-state index in [0.29, 0.717) is 15.6 Å². The third-order valence-corrected chi connectivity index (χ3v) is 3.70. The second-order valence-electron chi connectivity index (χ2n) is 5.90. The van der Waals surface area contributed by atoms with Crippen LogP contribution in [0.3, 0.4) is 0 Å². The molecule has 1 unspecified atom stereocenters. The fraction of sp³-hybridized carbons (Fsp3) is 0.222. The van der Waals surface area contributed by atoms with Gasteiger partial charge in [-0.1, -0.05) is 17.7 Å². The molecule has 0 aliphatic carbocycles. The van der Waals surface area contributed by atoms with Gasteiger partial charge in [-0.3, -0.25) is 9.59 Å². The molecule has 1 atom stereocenters. The maximum Gasteiger partial charge on any atom is 0.279 e. The van der Waals surface area contributed by atoms with Gasteiger partial charge in [0.2, 0.25) is 0 Å². The molecule has 2 amide bonds. The molecule has 0 aliphatic heterocycles. The van der Waals surface area contributed by atoms with Crippen LogP contribution in [0.2, 0.25) is 5.02 Å². The Morgan fingerprint density at radius 1 is 1.04 bits per heavy atom. The van der Waals surface area contributed by atoms with Crippen LogP contribution in [0.4, 0.5) is 15.8 Å². The number of hydrogen-bond acceptors (Lipinski definition) is 2. The zero-order valence-electron chi connectivity index (χ0n) is 14.0. The van der Waals surface area contributed by atoms with E-state index in [2.05, 4.69) is 10.6 Å². The zero-order chi connectivity index (χ0) is 18.4. The van der Waals surface area contributed by atoms with Crippen molar-refractivity contribution >= 4 is 34.8 Å². The molecule has 0 aliphatic rings. The van der Waals surface area contributed by atoms with E-state index in [-0.39, 0.29) is 30.6 Å². The van der Waals surface area contributed by atoms with Gasteiger partial charge in [-0.2, -0.15) is 0 Å². The molecule has 2 aromatic rings. The molecule has 0 saturated heterocycles. The monoisotopic (exact) mass is 364 g/mol. The van der Waals surface area contributed by atoms with Gasteiger partial charge >= 0.3 is 0 Å². The quantitative estimate of drug-likeness (QED) is 0.733. The Labute approximate surface area is 150 Å². The van der Waals surface area contributed by atoms with Gasteiger partial charge in [0, 0.05) is 10.7 Å². The largest absolute Gasteiger partial charge is 0.322 e. The first kappa shape index (κ1) is 18.9. The first-order valence-corrected chi connectivity index (χ1v) is 8.14. The summed E-state index contributed by atoms with van der Waals surface area (Å²) in [5.74, 6) is -1.07. The van der Waals surface area contributed by atoms with Crippen molar-refractivity contribution in [1.29, 1.82) is 0 Å². The van der Waals surface area contributed by atoms with Crippen LogP contribution in [0.5, 0.6) is 0 Å². The number of likely N-dealkylation sites (N-methyl/N-ethyl adjacent to an activating group) is 1. The summed E-state index contributed by atoms with van der Waals surface area (Å²) in [5.41, 5.74) is 1.54. The summed E-state index contributed by atoms with van der Waals surface area (Å²) in [7, 11) is 1.71. The smallest absolute Gasteiger partial charge is 0.279 e. The summed E-state index contributed by atoms with van der Waals surface area (Å²) in [6.45, 7) is 1.92. The summed E-state index contributed by atoms with van der Waals surface area (Å²) in [6, 6.07) is 11.3. The van der Waals surface area contributed by atoms with Gasteiger partial charge in [0.05, 0.1) is 12.7 Å². The molecule has 25 heavy (non-hydrogen) atoms. The number of aryl methyl sites for hydroxylation is 1. The van der Waals surface area contributed by atoms with Gasteiger partial charge in [0.15, 0.2) is 13.1 Å². The maximum absolute atomic E-state index is 13.7. The Morgan fingerprint density at radius 3 is 2.24 bits per heavy atom. The van der Waals surface area contributed by atoms with E-state index in [1.807, 2.05) is 0 Å². The van der Waals surface area contributed by atoms with Gasteiger partial charge in [-0.25, -0.2) is 4.39 Å². The maximum atomic E-state index is 13.7. The molecule has 0 bridgehead atoms. The lowest BCUT2D eigenvalue weighted by atomic mass is 10.2. The molecule has 132 valence electrons. The lowest BCUT2D eigenvalue weighted by Crippen LogP contribution is -3.11. The van der Waals surface area contributed by atoms with Crippen LogP contribution in [0, 0.1) is 12.7 Å². The molecule has 0 saturated carbocycles. The third kappa shape index (κ3) is 6.17. The number of halogens is 2. The molecule has 5 nitrogen and oxygen atoms in total. The minimum Gasteiger partial charge on any atom is -0.322 e. The summed E-state index contributed by atoms with van der Waals surface area (Å²) in [6.07, 6.45) is 0. The van der Waals surface area contributed by atoms with Gasteiger partial charge < -0.3 is 15.5 Å². The molecule has 0 radical (unpaired) electrons. The van der Waals surface area contributed by atoms with Crippen molar-refractivity contribution in [2.24, 2.45) is 0 Å². The van der Waals surface area contributed by atoms with E-state index < -0.39 is 5.82 Å². The van der Waals surface area contributed by atoms with Crippen LogP contribution < -0.4 is 15.5 Å². The molecular formula is C18H20ClFN3O2+. The van der Waals surface area contributed by atoms with Crippen molar-refractivity contribution in [1.82, 2.24) is 0 Å². The van der Waals surface area contributed by atoms with E-state index in [0.717, 1.165) is 5.56 Å². The highest BCUT2D eigenvalue weighted by atomic mass is 35.5. The molecular weight excluding hydrogens is 345 g/mol. The van der Waals surface area contributed by atoms with Gasteiger partial charge in [-0.05, 0) is 48.9 Å². The van der Waals surface area contributed by atoms with Crippen molar-refractivity contribution in [2.75, 3.05) is 30.8 Å². The predicted molar refractivity (Wildman–Crippen MR) is 96.5 cm³/mol. The Bertz CT molecular complexity index is 765. The lowest BCUT2D eigenvalue weighted by Gasteiger charge is -2.14. The highest BCUT2D eigenvalue weighted by molar-refractivity contribution is 6.30. The minimum absolute atomic E-state index is 0.0430. The number of benzene rings is 2. The number of hydrogen-bond donors (Lipinski definition) is 3. The summed E-state index contributed by atoms with van der Waals surface area (Å²) >= 11 is 5.79. The summed E-state index contributed by atoms with van der Waals surface area (Å²) in [4.78, 5) is 24.7. The minimum atomic E-state index is -0.480. The highest BCUT2D eigenvalue weighted by Gasteiger charge is 2.15. The number of rotatable bonds is 6. The topological polar surface area (TPSA) is 62.6 Å². The van der Waals surface area contributed by atoms with Crippen molar-refractivity contribution in [3.8, 4) is 0 Å². The van der Waals surface area contributed by atoms with Crippen LogP contribution >= 0.6 is 11.6 Å². The molecule has 0 aromatic heterocycles. The number of quaternary nitrogens is 1. The fourth-order valence-electron chi connectivity index (χ4n) is 2.26. The van der Waals surface area contributed by atoms with Crippen LogP contribution in [0.25, 0.3) is 0 Å². The zero-order valence-corrected chi connectivity index (χ0v) is 14.8. The van der Waals surface area contributed by atoms with Crippen LogP contribution in [-0.2, 0) is 9.59 Å². The first-order chi connectivity index (χ1) is 11.8. The fourth-order valence-corrected chi connectivity index (χ4v) is 2.39. The normalized spacial score (nSPS) is 11.7. The molecule has 2 aromatic carbocycles. The molecule has 0 heterocycles. The van der Waals surface area contributed by atoms with E-state index in [9.17, 15) is 14.0 Å². The molecule has 2 rings (SSSR count). The molecule has 0 fully saturated rings. The van der Waals surface area contributed by atoms with E-state index >= 15 is 0 Å². The second-order valence-corrected chi connectivity index (χ2v) is 6.33. The van der Waals surface area contributed by atoms with Crippen LogP contribution in [0.1, 0.15) is 5.56 Å². The molecule has 7 heteroatoms. The first-order valence-electron chi connectivity index (χ1n) is 7.76. The average Bonchev–Trinajstić information content (AvgIpc) is 2.52. The Morgan fingerprint density at radius 2 is 1.64 bits per heavy atom. The van der Waals surface area contributed by atoms with Crippen molar-refractivity contribution in [3.63, 3.8) is 0 Å². The van der Waals surface area contributed by atoms with Crippen molar-refractivity contribution in [2.45, 2.75) is 6.92 Å². The number of anilines is 2. The van der Waals surface area contributed by atoms with Crippen molar-refractivity contribution in [3.05, 3.63) is 58.9 Å². The van der Waals surface area contributed by atoms with E-state index in [1.165, 1.54) is 12.1 Å². The number of carbonyl (C=O) groups excluding carboxylic acids is 2. The Kier molecular flexibility index (Phi) is 6.50. The summed E-state index contributed by atoms with van der Waals surface area (Å²) < 4.78 is 13.7. The number of amides is 2. The average molecular weight is 365 g/mol. The number of nitrogens with one attached hydrogen (secondary N) is 3. The third-order valence-electron chi connectivity index (χ3n) is 3.45. The number of carbonyl (C=O) groups is 2. The summed E-state index contributed by atoms with van der Waals surface area (Å²) in [5, 5.41) is 5.83. The molecule has 3 N–H and O–H groups in total. The predicted octanol–water partition coefficient (Wildman–Crippen LogP) is 1.88. The highest BCUT2D eigenvalue weighted by Crippen LogP contribution is 2.15. The van der Waals surface area contributed by atoms with Crippen LogP contribution in [0.15, 0.2) is 42.5 Å². The lowest BCUT2D eigenvalue weighted by molar-refractivity contribution is -0.862. The van der Waals surface area contributed by atoms with Gasteiger partial charge in [-0.15, -0.1) is 0 Å². The van der Waals surface area contributed by atoms with E-state index in [1.54, 1.807) is 44.3 Å².